The lowest BCUT2D eigenvalue weighted by molar-refractivity contribution is -0.145. The summed E-state index contributed by atoms with van der Waals surface area (Å²) in [7, 11) is 2.00. The van der Waals surface area contributed by atoms with Crippen LogP contribution in [0, 0.1) is 11.3 Å². The second-order valence-corrected chi connectivity index (χ2v) is 5.01. The molecule has 4 nitrogen and oxygen atoms in total. The van der Waals surface area contributed by atoms with Gasteiger partial charge in [-0.25, -0.2) is 4.79 Å². The molecule has 0 bridgehead atoms. The van der Waals surface area contributed by atoms with Gasteiger partial charge in [-0.05, 0) is 38.1 Å². The Morgan fingerprint density at radius 1 is 1.45 bits per heavy atom. The van der Waals surface area contributed by atoms with Crippen LogP contribution in [0.5, 0.6) is 0 Å². The van der Waals surface area contributed by atoms with Crippen LogP contribution in [0.15, 0.2) is 35.9 Å². The minimum Gasteiger partial charge on any atom is -0.457 e. The first-order valence-corrected chi connectivity index (χ1v) is 6.75. The van der Waals surface area contributed by atoms with E-state index >= 15 is 0 Å². The largest absolute Gasteiger partial charge is 0.457 e. The van der Waals surface area contributed by atoms with E-state index in [1.165, 1.54) is 0 Å². The molecule has 1 aliphatic heterocycles. The second-order valence-electron chi connectivity index (χ2n) is 5.01. The van der Waals surface area contributed by atoms with Gasteiger partial charge >= 0.3 is 5.97 Å². The van der Waals surface area contributed by atoms with E-state index in [2.05, 4.69) is 4.90 Å². The maximum Gasteiger partial charge on any atom is 0.349 e. The molecule has 2 rings (SSSR count). The van der Waals surface area contributed by atoms with Crippen molar-refractivity contribution in [2.75, 3.05) is 20.1 Å². The van der Waals surface area contributed by atoms with Crippen LogP contribution in [0.2, 0.25) is 0 Å². The van der Waals surface area contributed by atoms with Gasteiger partial charge in [-0.2, -0.15) is 5.26 Å². The summed E-state index contributed by atoms with van der Waals surface area (Å²) in [6.07, 6.45) is 3.32. The van der Waals surface area contributed by atoms with E-state index in [4.69, 9.17) is 10.00 Å². The number of rotatable bonds is 3. The van der Waals surface area contributed by atoms with Gasteiger partial charge in [0.25, 0.3) is 0 Å². The maximum absolute atomic E-state index is 12.0. The van der Waals surface area contributed by atoms with Gasteiger partial charge < -0.3 is 9.64 Å². The van der Waals surface area contributed by atoms with Crippen LogP contribution in [0.4, 0.5) is 0 Å². The second kappa shape index (κ2) is 6.88. The number of nitrogens with zero attached hydrogens (tertiary/aromatic N) is 2. The predicted molar refractivity (Wildman–Crippen MR) is 76.6 cm³/mol. The normalized spacial score (nSPS) is 20.2. The fourth-order valence-electron chi connectivity index (χ4n) is 2.28. The minimum atomic E-state index is -0.531. The molecule has 0 amide bonds. The molecule has 1 fully saturated rings. The smallest absolute Gasteiger partial charge is 0.349 e. The van der Waals surface area contributed by atoms with Crippen molar-refractivity contribution in [2.24, 2.45) is 0 Å². The van der Waals surface area contributed by atoms with Crippen molar-refractivity contribution in [1.82, 2.24) is 4.90 Å². The molecule has 1 heterocycles. The van der Waals surface area contributed by atoms with Crippen LogP contribution in [0.3, 0.4) is 0 Å². The summed E-state index contributed by atoms with van der Waals surface area (Å²) in [5.74, 6) is -0.531. The molecule has 104 valence electrons. The van der Waals surface area contributed by atoms with E-state index in [9.17, 15) is 4.79 Å². The number of hydrogen-bond donors (Lipinski definition) is 0. The standard InChI is InChI=1S/C16H18N2O2/c1-18-9-5-8-15(12-18)20-16(19)14(11-17)10-13-6-3-2-4-7-13/h2-4,6-7,10,15H,5,8-9,12H2,1H3/b14-10-. The van der Waals surface area contributed by atoms with Crippen molar-refractivity contribution in [1.29, 1.82) is 5.26 Å². The third-order valence-corrected chi connectivity index (χ3v) is 3.31. The average Bonchev–Trinajstić information content (AvgIpc) is 2.45. The number of carbonyl (C=O) groups excluding carboxylic acids is 1. The van der Waals surface area contributed by atoms with Crippen LogP contribution in [0.25, 0.3) is 6.08 Å². The van der Waals surface area contributed by atoms with Crippen LogP contribution >= 0.6 is 0 Å². The van der Waals surface area contributed by atoms with Crippen molar-refractivity contribution in [3.05, 3.63) is 41.5 Å². The summed E-state index contributed by atoms with van der Waals surface area (Å²) < 4.78 is 5.42. The Bertz CT molecular complexity index is 531. The molecular weight excluding hydrogens is 252 g/mol. The van der Waals surface area contributed by atoms with Crippen molar-refractivity contribution in [3.63, 3.8) is 0 Å². The Morgan fingerprint density at radius 2 is 2.20 bits per heavy atom. The molecule has 1 aliphatic rings. The zero-order valence-corrected chi connectivity index (χ0v) is 11.6. The first-order chi connectivity index (χ1) is 9.69. The summed E-state index contributed by atoms with van der Waals surface area (Å²) >= 11 is 0. The molecule has 0 spiro atoms. The monoisotopic (exact) mass is 270 g/mol. The molecule has 0 aliphatic carbocycles. The fourth-order valence-corrected chi connectivity index (χ4v) is 2.28. The SMILES string of the molecule is CN1CCCC(OC(=O)/C(C#N)=C\c2ccccc2)C1. The highest BCUT2D eigenvalue weighted by atomic mass is 16.5. The highest BCUT2D eigenvalue weighted by Crippen LogP contribution is 2.14. The highest BCUT2D eigenvalue weighted by Gasteiger charge is 2.22. The average molecular weight is 270 g/mol. The number of carbonyl (C=O) groups is 1. The predicted octanol–water partition coefficient (Wildman–Crippen LogP) is 2.23. The van der Waals surface area contributed by atoms with Gasteiger partial charge in [0.2, 0.25) is 0 Å². The van der Waals surface area contributed by atoms with Gasteiger partial charge in [0, 0.05) is 6.54 Å². The lowest BCUT2D eigenvalue weighted by Gasteiger charge is -2.29. The van der Waals surface area contributed by atoms with Crippen LogP contribution in [-0.2, 0) is 9.53 Å². The highest BCUT2D eigenvalue weighted by molar-refractivity contribution is 5.97. The van der Waals surface area contributed by atoms with E-state index in [-0.39, 0.29) is 11.7 Å². The molecule has 1 atom stereocenters. The van der Waals surface area contributed by atoms with E-state index in [0.717, 1.165) is 31.5 Å². The molecule has 4 heteroatoms. The van der Waals surface area contributed by atoms with Crippen molar-refractivity contribution in [2.45, 2.75) is 18.9 Å². The van der Waals surface area contributed by atoms with Gasteiger partial charge in [-0.1, -0.05) is 30.3 Å². The molecule has 1 aromatic carbocycles. The lowest BCUT2D eigenvalue weighted by atomic mass is 10.1. The summed E-state index contributed by atoms with van der Waals surface area (Å²) in [5.41, 5.74) is 0.867. The van der Waals surface area contributed by atoms with Gasteiger partial charge in [0.15, 0.2) is 0 Å². The Balaban J connectivity index is 2.03. The fraction of sp³-hybridized carbons (Fsp3) is 0.375. The number of likely N-dealkylation sites (tertiary alicyclic amines) is 1. The zero-order chi connectivity index (χ0) is 14.4. The molecule has 20 heavy (non-hydrogen) atoms. The van der Waals surface area contributed by atoms with Crippen molar-refractivity contribution in [3.8, 4) is 6.07 Å². The Hall–Kier alpha value is -2.12. The number of nitriles is 1. The topological polar surface area (TPSA) is 53.3 Å². The number of piperidine rings is 1. The summed E-state index contributed by atoms with van der Waals surface area (Å²) in [4.78, 5) is 14.2. The van der Waals surface area contributed by atoms with Gasteiger partial charge in [-0.15, -0.1) is 0 Å². The summed E-state index contributed by atoms with van der Waals surface area (Å²) in [6, 6.07) is 11.2. The molecular formula is C16H18N2O2. The van der Waals surface area contributed by atoms with Crippen molar-refractivity contribution < 1.29 is 9.53 Å². The first kappa shape index (κ1) is 14.3. The minimum absolute atomic E-state index is 0.0458. The van der Waals surface area contributed by atoms with Gasteiger partial charge in [0.05, 0.1) is 0 Å². The maximum atomic E-state index is 12.0. The molecule has 0 N–H and O–H groups in total. The van der Waals surface area contributed by atoms with Gasteiger partial charge in [0.1, 0.15) is 17.7 Å². The van der Waals surface area contributed by atoms with E-state index < -0.39 is 5.97 Å². The van der Waals surface area contributed by atoms with Crippen LogP contribution < -0.4 is 0 Å². The third kappa shape index (κ3) is 3.94. The molecule has 1 saturated heterocycles. The lowest BCUT2D eigenvalue weighted by Crippen LogP contribution is -2.38. The van der Waals surface area contributed by atoms with Crippen LogP contribution in [-0.4, -0.2) is 37.1 Å². The summed E-state index contributed by atoms with van der Waals surface area (Å²) in [5, 5.41) is 9.11. The first-order valence-electron chi connectivity index (χ1n) is 6.75. The number of ether oxygens (including phenoxy) is 1. The van der Waals surface area contributed by atoms with E-state index in [1.54, 1.807) is 6.08 Å². The molecule has 0 aromatic heterocycles. The zero-order valence-electron chi connectivity index (χ0n) is 11.6. The number of esters is 1. The quantitative estimate of drug-likeness (QED) is 0.480. The summed E-state index contributed by atoms with van der Waals surface area (Å²) in [6.45, 7) is 1.76. The molecule has 1 unspecified atom stereocenters. The Kier molecular flexibility index (Phi) is 4.91. The Morgan fingerprint density at radius 3 is 2.85 bits per heavy atom. The number of benzene rings is 1. The number of likely N-dealkylation sites (N-methyl/N-ethyl adjacent to an activating group) is 1. The molecule has 0 radical (unpaired) electrons. The van der Waals surface area contributed by atoms with Crippen LogP contribution in [0.1, 0.15) is 18.4 Å². The Labute approximate surface area is 119 Å². The third-order valence-electron chi connectivity index (χ3n) is 3.31. The van der Waals surface area contributed by atoms with E-state index in [0.29, 0.717) is 0 Å². The number of hydrogen-bond acceptors (Lipinski definition) is 4. The molecule has 1 aromatic rings. The van der Waals surface area contributed by atoms with Crippen molar-refractivity contribution >= 4 is 12.0 Å². The van der Waals surface area contributed by atoms with Gasteiger partial charge in [-0.3, -0.25) is 0 Å². The molecule has 0 saturated carbocycles. The van der Waals surface area contributed by atoms with E-state index in [1.807, 2.05) is 43.4 Å².